The molecule has 0 amide bonds. The third-order valence-corrected chi connectivity index (χ3v) is 3.98. The van der Waals surface area contributed by atoms with Crippen LogP contribution >= 0.6 is 0 Å². The Balaban J connectivity index is 1.74. The fourth-order valence-corrected chi connectivity index (χ4v) is 2.99. The van der Waals surface area contributed by atoms with E-state index in [0.29, 0.717) is 17.4 Å². The fourth-order valence-electron chi connectivity index (χ4n) is 2.99. The second-order valence-corrected chi connectivity index (χ2v) is 5.33. The number of ether oxygens (including phenoxy) is 2. The minimum Gasteiger partial charge on any atom is -0.485 e. The topological polar surface area (TPSA) is 38.8 Å². The van der Waals surface area contributed by atoms with Gasteiger partial charge in [-0.3, -0.25) is 9.69 Å². The van der Waals surface area contributed by atoms with Crippen molar-refractivity contribution >= 4 is 5.97 Å². The van der Waals surface area contributed by atoms with Crippen LogP contribution < -0.4 is 9.47 Å². The molecule has 19 heavy (non-hydrogen) atoms. The van der Waals surface area contributed by atoms with Crippen molar-refractivity contribution in [3.05, 3.63) is 24.3 Å². The van der Waals surface area contributed by atoms with E-state index in [1.165, 1.54) is 32.9 Å². The lowest BCUT2D eigenvalue weighted by Gasteiger charge is -2.44. The number of carbonyl (C=O) groups excluding carboxylic acids is 1. The lowest BCUT2D eigenvalue weighted by Crippen LogP contribution is -2.52. The van der Waals surface area contributed by atoms with Crippen LogP contribution in [0.4, 0.5) is 0 Å². The number of hydrogen-bond donors (Lipinski definition) is 0. The van der Waals surface area contributed by atoms with E-state index < -0.39 is 0 Å². The number of carbonyl (C=O) groups is 1. The quantitative estimate of drug-likeness (QED) is 0.617. The van der Waals surface area contributed by atoms with Gasteiger partial charge in [0.2, 0.25) is 0 Å². The van der Waals surface area contributed by atoms with E-state index in [1.54, 1.807) is 6.07 Å². The molecule has 0 radical (unpaired) electrons. The highest BCUT2D eigenvalue weighted by Gasteiger charge is 2.35. The molecule has 3 heterocycles. The van der Waals surface area contributed by atoms with Crippen molar-refractivity contribution < 1.29 is 14.3 Å². The summed E-state index contributed by atoms with van der Waals surface area (Å²) >= 11 is 0. The van der Waals surface area contributed by atoms with Crippen molar-refractivity contribution in [1.82, 2.24) is 4.90 Å². The number of hydrogen-bond acceptors (Lipinski definition) is 4. The molecule has 2 bridgehead atoms. The van der Waals surface area contributed by atoms with Gasteiger partial charge in [-0.05, 0) is 44.0 Å². The van der Waals surface area contributed by atoms with E-state index in [-0.39, 0.29) is 12.1 Å². The molecule has 1 aromatic carbocycles. The summed E-state index contributed by atoms with van der Waals surface area (Å²) in [4.78, 5) is 13.5. The van der Waals surface area contributed by atoms with Gasteiger partial charge in [0, 0.05) is 13.5 Å². The normalized spacial score (nSPS) is 29.0. The van der Waals surface area contributed by atoms with Crippen LogP contribution in [0.3, 0.4) is 0 Å². The Morgan fingerprint density at radius 3 is 2.47 bits per heavy atom. The van der Waals surface area contributed by atoms with Crippen LogP contribution in [-0.2, 0) is 4.79 Å². The van der Waals surface area contributed by atoms with Crippen molar-refractivity contribution in [3.63, 3.8) is 0 Å². The van der Waals surface area contributed by atoms with Crippen LogP contribution in [0, 0.1) is 5.92 Å². The Hall–Kier alpha value is -1.55. The Morgan fingerprint density at radius 1 is 1.21 bits per heavy atom. The first-order chi connectivity index (χ1) is 9.22. The first-order valence-electron chi connectivity index (χ1n) is 6.89. The number of nitrogens with zero attached hydrogens (tertiary/aromatic N) is 1. The molecular formula is C15H19NO3. The first-order valence-corrected chi connectivity index (χ1v) is 6.89. The lowest BCUT2D eigenvalue weighted by molar-refractivity contribution is -0.132. The zero-order valence-electron chi connectivity index (χ0n) is 11.2. The van der Waals surface area contributed by atoms with Crippen LogP contribution in [0.15, 0.2) is 24.3 Å². The van der Waals surface area contributed by atoms with Crippen molar-refractivity contribution in [2.24, 2.45) is 5.92 Å². The van der Waals surface area contributed by atoms with Gasteiger partial charge in [0.05, 0.1) is 0 Å². The molecule has 102 valence electrons. The highest BCUT2D eigenvalue weighted by Crippen LogP contribution is 2.34. The maximum atomic E-state index is 11.1. The van der Waals surface area contributed by atoms with Crippen molar-refractivity contribution in [2.45, 2.75) is 25.9 Å². The summed E-state index contributed by atoms with van der Waals surface area (Å²) in [7, 11) is 0. The predicted molar refractivity (Wildman–Crippen MR) is 71.3 cm³/mol. The third-order valence-electron chi connectivity index (χ3n) is 3.98. The molecule has 4 rings (SSSR count). The van der Waals surface area contributed by atoms with E-state index in [0.717, 1.165) is 6.54 Å². The Kier molecular flexibility index (Phi) is 3.42. The van der Waals surface area contributed by atoms with Gasteiger partial charge in [-0.25, -0.2) is 0 Å². The molecular weight excluding hydrogens is 242 g/mol. The molecule has 3 aliphatic rings. The van der Waals surface area contributed by atoms with Crippen LogP contribution in [0.2, 0.25) is 0 Å². The predicted octanol–water partition coefficient (Wildman–Crippen LogP) is 2.08. The van der Waals surface area contributed by atoms with Crippen molar-refractivity contribution in [3.8, 4) is 11.5 Å². The van der Waals surface area contributed by atoms with Crippen molar-refractivity contribution in [1.29, 1.82) is 0 Å². The maximum absolute atomic E-state index is 11.1. The molecule has 3 saturated heterocycles. The highest BCUT2D eigenvalue weighted by molar-refractivity contribution is 5.70. The molecule has 3 fully saturated rings. The Morgan fingerprint density at radius 2 is 1.89 bits per heavy atom. The molecule has 0 saturated carbocycles. The van der Waals surface area contributed by atoms with E-state index >= 15 is 0 Å². The SMILES string of the molecule is CC(=O)Oc1ccccc1OC1CN2CCC1CC2. The summed E-state index contributed by atoms with van der Waals surface area (Å²) in [6, 6.07) is 7.40. The highest BCUT2D eigenvalue weighted by atomic mass is 16.6. The van der Waals surface area contributed by atoms with Crippen molar-refractivity contribution in [2.75, 3.05) is 19.6 Å². The van der Waals surface area contributed by atoms with Crippen LogP contribution in [0.25, 0.3) is 0 Å². The number of benzene rings is 1. The van der Waals surface area contributed by atoms with Gasteiger partial charge in [0.1, 0.15) is 6.10 Å². The van der Waals surface area contributed by atoms with E-state index in [4.69, 9.17) is 9.47 Å². The molecule has 0 aliphatic carbocycles. The lowest BCUT2D eigenvalue weighted by atomic mass is 9.86. The summed E-state index contributed by atoms with van der Waals surface area (Å²) in [5.74, 6) is 1.52. The number of esters is 1. The second kappa shape index (κ2) is 5.21. The van der Waals surface area contributed by atoms with Gasteiger partial charge >= 0.3 is 5.97 Å². The number of para-hydroxylation sites is 2. The van der Waals surface area contributed by atoms with Gasteiger partial charge in [-0.2, -0.15) is 0 Å². The largest absolute Gasteiger partial charge is 0.485 e. The molecule has 1 atom stereocenters. The average molecular weight is 261 g/mol. The Bertz CT molecular complexity index is 466. The summed E-state index contributed by atoms with van der Waals surface area (Å²) < 4.78 is 11.3. The monoisotopic (exact) mass is 261 g/mol. The van der Waals surface area contributed by atoms with Gasteiger partial charge in [0.25, 0.3) is 0 Å². The zero-order valence-corrected chi connectivity index (χ0v) is 11.2. The summed E-state index contributed by atoms with van der Waals surface area (Å²) in [5.41, 5.74) is 0. The fraction of sp³-hybridized carbons (Fsp3) is 0.533. The summed E-state index contributed by atoms with van der Waals surface area (Å²) in [5, 5.41) is 0. The maximum Gasteiger partial charge on any atom is 0.308 e. The Labute approximate surface area is 113 Å². The minimum atomic E-state index is -0.315. The van der Waals surface area contributed by atoms with Gasteiger partial charge < -0.3 is 9.47 Å². The summed E-state index contributed by atoms with van der Waals surface area (Å²) in [6.45, 7) is 4.77. The first kappa shape index (κ1) is 12.5. The van der Waals surface area contributed by atoms with E-state index in [2.05, 4.69) is 4.90 Å². The number of fused-ring (bicyclic) bond motifs is 3. The molecule has 0 spiro atoms. The van der Waals surface area contributed by atoms with Crippen LogP contribution in [-0.4, -0.2) is 36.6 Å². The van der Waals surface area contributed by atoms with E-state index in [1.807, 2.05) is 18.2 Å². The van der Waals surface area contributed by atoms with Gasteiger partial charge in [-0.1, -0.05) is 12.1 Å². The number of rotatable bonds is 3. The van der Waals surface area contributed by atoms with E-state index in [9.17, 15) is 4.79 Å². The van der Waals surface area contributed by atoms with Gasteiger partial charge in [-0.15, -0.1) is 0 Å². The molecule has 4 nitrogen and oxygen atoms in total. The number of piperidine rings is 3. The third kappa shape index (κ3) is 2.73. The minimum absolute atomic E-state index is 0.221. The smallest absolute Gasteiger partial charge is 0.308 e. The molecule has 1 unspecified atom stereocenters. The standard InChI is InChI=1S/C15H19NO3/c1-11(17)18-13-4-2-3-5-14(13)19-15-10-16-8-6-12(15)7-9-16/h2-5,12,15H,6-10H2,1H3. The molecule has 1 aromatic rings. The molecule has 0 N–H and O–H groups in total. The van der Waals surface area contributed by atoms with Crippen LogP contribution in [0.1, 0.15) is 19.8 Å². The average Bonchev–Trinajstić information content (AvgIpc) is 2.42. The summed E-state index contributed by atoms with van der Waals surface area (Å²) in [6.07, 6.45) is 2.64. The van der Waals surface area contributed by atoms with Crippen LogP contribution in [0.5, 0.6) is 11.5 Å². The molecule has 3 aliphatic heterocycles. The second-order valence-electron chi connectivity index (χ2n) is 5.33. The molecule has 0 aromatic heterocycles. The zero-order chi connectivity index (χ0) is 13.2. The van der Waals surface area contributed by atoms with Gasteiger partial charge in [0.15, 0.2) is 11.5 Å². The molecule has 4 heteroatoms.